The molecule has 2 aromatic heterocycles. The van der Waals surface area contributed by atoms with E-state index in [1.54, 1.807) is 0 Å². The molecule has 148 valence electrons. The Balaban J connectivity index is 0.000000190. The average molecular weight is 380 g/mol. The van der Waals surface area contributed by atoms with E-state index in [1.165, 1.54) is 6.54 Å². The number of hydrogen-bond acceptors (Lipinski definition) is 5. The number of nitrogens with two attached hydrogens (primary N) is 1. The van der Waals surface area contributed by atoms with Crippen molar-refractivity contribution in [2.24, 2.45) is 0 Å². The van der Waals surface area contributed by atoms with Crippen LogP contribution in [0.3, 0.4) is 0 Å². The standard InChI is InChI=1S/C15H10N2O.C6H13NO.C2H6/c16-13-9-5-1-3-7-11(9)17-14-10-6-2-4-8-12(10)18-15(13)14;1-2-7-3-5-8-6-4-7;1-2/h1-8H,(H2,16,17);2-6H2,1H3;1-2H3. The quantitative estimate of drug-likeness (QED) is 0.499. The lowest BCUT2D eigenvalue weighted by Crippen LogP contribution is -2.35. The van der Waals surface area contributed by atoms with Gasteiger partial charge in [-0.15, -0.1) is 0 Å². The van der Waals surface area contributed by atoms with Crippen LogP contribution in [-0.2, 0) is 4.74 Å². The maximum Gasteiger partial charge on any atom is 0.177 e. The van der Waals surface area contributed by atoms with Crippen molar-refractivity contribution >= 4 is 38.7 Å². The number of likely N-dealkylation sites (N-methyl/N-ethyl adjacent to an activating group) is 1. The fraction of sp³-hybridized carbons (Fsp3) is 0.348. The number of anilines is 1. The van der Waals surface area contributed by atoms with Crippen molar-refractivity contribution in [2.45, 2.75) is 20.8 Å². The second-order valence-corrected chi connectivity index (χ2v) is 6.37. The molecule has 0 aliphatic carbocycles. The van der Waals surface area contributed by atoms with Crippen LogP contribution in [0.5, 0.6) is 0 Å². The molecule has 0 spiro atoms. The Labute approximate surface area is 166 Å². The van der Waals surface area contributed by atoms with Gasteiger partial charge in [0.2, 0.25) is 0 Å². The molecule has 0 unspecified atom stereocenters. The fourth-order valence-corrected chi connectivity index (χ4v) is 3.28. The summed E-state index contributed by atoms with van der Waals surface area (Å²) in [6, 6.07) is 15.7. The summed E-state index contributed by atoms with van der Waals surface area (Å²) in [6.07, 6.45) is 0. The molecule has 5 nitrogen and oxygen atoms in total. The fourth-order valence-electron chi connectivity index (χ4n) is 3.28. The summed E-state index contributed by atoms with van der Waals surface area (Å²) in [5.41, 5.74) is 10.1. The minimum atomic E-state index is 0.659. The molecule has 0 radical (unpaired) electrons. The van der Waals surface area contributed by atoms with Crippen molar-refractivity contribution in [2.75, 3.05) is 38.6 Å². The van der Waals surface area contributed by atoms with E-state index in [2.05, 4.69) is 16.8 Å². The highest BCUT2D eigenvalue weighted by molar-refractivity contribution is 6.12. The van der Waals surface area contributed by atoms with Gasteiger partial charge >= 0.3 is 0 Å². The van der Waals surface area contributed by atoms with Crippen LogP contribution in [0.25, 0.3) is 33.0 Å². The van der Waals surface area contributed by atoms with Crippen molar-refractivity contribution in [3.05, 3.63) is 48.5 Å². The minimum absolute atomic E-state index is 0.659. The molecule has 0 amide bonds. The van der Waals surface area contributed by atoms with Crippen LogP contribution in [0.1, 0.15) is 20.8 Å². The predicted molar refractivity (Wildman–Crippen MR) is 118 cm³/mol. The smallest absolute Gasteiger partial charge is 0.177 e. The third-order valence-corrected chi connectivity index (χ3v) is 4.79. The molecular formula is C23H29N3O2. The van der Waals surface area contributed by atoms with Gasteiger partial charge in [0.1, 0.15) is 11.1 Å². The Kier molecular flexibility index (Phi) is 6.85. The number of hydrogen-bond donors (Lipinski definition) is 1. The molecule has 2 aromatic carbocycles. The minimum Gasteiger partial charge on any atom is -0.452 e. The zero-order valence-electron chi connectivity index (χ0n) is 16.9. The van der Waals surface area contributed by atoms with Crippen molar-refractivity contribution in [3.8, 4) is 0 Å². The molecule has 3 heterocycles. The molecule has 1 aliphatic heterocycles. The van der Waals surface area contributed by atoms with Gasteiger partial charge in [-0.25, -0.2) is 4.98 Å². The first-order valence-corrected chi connectivity index (χ1v) is 10.0. The van der Waals surface area contributed by atoms with Crippen LogP contribution >= 0.6 is 0 Å². The third-order valence-electron chi connectivity index (χ3n) is 4.79. The van der Waals surface area contributed by atoms with E-state index in [9.17, 15) is 0 Å². The molecular weight excluding hydrogens is 350 g/mol. The second-order valence-electron chi connectivity index (χ2n) is 6.37. The lowest BCUT2D eigenvalue weighted by Gasteiger charge is -2.24. The molecule has 2 N–H and O–H groups in total. The van der Waals surface area contributed by atoms with Gasteiger partial charge in [0.05, 0.1) is 24.4 Å². The molecule has 5 heteroatoms. The predicted octanol–water partition coefficient (Wildman–Crippen LogP) is 5.08. The number of ether oxygens (including phenoxy) is 1. The van der Waals surface area contributed by atoms with Crippen molar-refractivity contribution in [1.82, 2.24) is 9.88 Å². The Morgan fingerprint density at radius 1 is 0.964 bits per heavy atom. The van der Waals surface area contributed by atoms with Crippen LogP contribution in [0, 0.1) is 0 Å². The zero-order chi connectivity index (χ0) is 19.9. The number of rotatable bonds is 1. The lowest BCUT2D eigenvalue weighted by atomic mass is 10.1. The first kappa shape index (κ1) is 20.1. The van der Waals surface area contributed by atoms with Crippen LogP contribution in [0.4, 0.5) is 5.69 Å². The van der Waals surface area contributed by atoms with Gasteiger partial charge < -0.3 is 14.9 Å². The van der Waals surface area contributed by atoms with Crippen molar-refractivity contribution in [3.63, 3.8) is 0 Å². The van der Waals surface area contributed by atoms with Gasteiger partial charge in [-0.3, -0.25) is 4.90 Å². The number of pyridine rings is 1. The largest absolute Gasteiger partial charge is 0.452 e. The molecule has 0 atom stereocenters. The van der Waals surface area contributed by atoms with Gasteiger partial charge in [0.25, 0.3) is 0 Å². The van der Waals surface area contributed by atoms with E-state index < -0.39 is 0 Å². The van der Waals surface area contributed by atoms with E-state index in [-0.39, 0.29) is 0 Å². The van der Waals surface area contributed by atoms with E-state index in [4.69, 9.17) is 14.9 Å². The Morgan fingerprint density at radius 3 is 2.29 bits per heavy atom. The Morgan fingerprint density at radius 2 is 1.61 bits per heavy atom. The molecule has 0 bridgehead atoms. The SMILES string of the molecule is CC.CCN1CCOCC1.Nc1c2ccccc2nc2c1oc1ccccc12. The van der Waals surface area contributed by atoms with Gasteiger partial charge in [-0.2, -0.15) is 0 Å². The number of benzene rings is 2. The molecule has 4 aromatic rings. The summed E-state index contributed by atoms with van der Waals surface area (Å²) in [7, 11) is 0. The molecule has 1 fully saturated rings. The van der Waals surface area contributed by atoms with Gasteiger partial charge in [0, 0.05) is 23.9 Å². The van der Waals surface area contributed by atoms with Gasteiger partial charge in [-0.1, -0.05) is 51.1 Å². The number of morpholine rings is 1. The van der Waals surface area contributed by atoms with E-state index in [1.807, 2.05) is 62.4 Å². The molecule has 28 heavy (non-hydrogen) atoms. The van der Waals surface area contributed by atoms with E-state index >= 15 is 0 Å². The highest BCUT2D eigenvalue weighted by atomic mass is 16.5. The number of fused-ring (bicyclic) bond motifs is 4. The van der Waals surface area contributed by atoms with Crippen LogP contribution < -0.4 is 5.73 Å². The molecule has 0 saturated carbocycles. The summed E-state index contributed by atoms with van der Waals surface area (Å²) in [6.45, 7) is 11.4. The van der Waals surface area contributed by atoms with Crippen molar-refractivity contribution in [1.29, 1.82) is 0 Å². The topological polar surface area (TPSA) is 64.5 Å². The van der Waals surface area contributed by atoms with Crippen LogP contribution in [0.2, 0.25) is 0 Å². The maximum absolute atomic E-state index is 6.18. The number of aromatic nitrogens is 1. The summed E-state index contributed by atoms with van der Waals surface area (Å²) < 4.78 is 11.0. The first-order chi connectivity index (χ1) is 13.8. The zero-order valence-corrected chi connectivity index (χ0v) is 16.9. The molecule has 1 aliphatic rings. The van der Waals surface area contributed by atoms with E-state index in [0.29, 0.717) is 11.3 Å². The maximum atomic E-state index is 6.18. The number of para-hydroxylation sites is 2. The van der Waals surface area contributed by atoms with Gasteiger partial charge in [0.15, 0.2) is 5.58 Å². The summed E-state index contributed by atoms with van der Waals surface area (Å²) in [5, 5.41) is 1.94. The Bertz CT molecular complexity index is 1040. The summed E-state index contributed by atoms with van der Waals surface area (Å²) in [5.74, 6) is 0. The lowest BCUT2D eigenvalue weighted by molar-refractivity contribution is 0.0405. The second kappa shape index (κ2) is 9.53. The number of nitrogen functional groups attached to an aromatic ring is 1. The van der Waals surface area contributed by atoms with Gasteiger partial charge in [-0.05, 0) is 24.7 Å². The normalized spacial score (nSPS) is 14.4. The van der Waals surface area contributed by atoms with E-state index in [0.717, 1.165) is 53.7 Å². The highest BCUT2D eigenvalue weighted by Gasteiger charge is 2.13. The van der Waals surface area contributed by atoms with Crippen LogP contribution in [-0.4, -0.2) is 42.7 Å². The summed E-state index contributed by atoms with van der Waals surface area (Å²) in [4.78, 5) is 7.05. The first-order valence-electron chi connectivity index (χ1n) is 10.0. The molecule has 1 saturated heterocycles. The monoisotopic (exact) mass is 379 g/mol. The average Bonchev–Trinajstić information content (AvgIpc) is 3.15. The number of furan rings is 1. The summed E-state index contributed by atoms with van der Waals surface area (Å²) >= 11 is 0. The number of nitrogens with zero attached hydrogens (tertiary/aromatic N) is 2. The van der Waals surface area contributed by atoms with Crippen molar-refractivity contribution < 1.29 is 9.15 Å². The van der Waals surface area contributed by atoms with Crippen LogP contribution in [0.15, 0.2) is 52.9 Å². The Hall–Kier alpha value is -2.63. The molecule has 5 rings (SSSR count). The highest BCUT2D eigenvalue weighted by Crippen LogP contribution is 2.34. The third kappa shape index (κ3) is 4.11.